The van der Waals surface area contributed by atoms with E-state index in [0.29, 0.717) is 17.8 Å². The van der Waals surface area contributed by atoms with E-state index < -0.39 is 40.5 Å². The van der Waals surface area contributed by atoms with Crippen molar-refractivity contribution in [3.8, 4) is 11.4 Å². The van der Waals surface area contributed by atoms with E-state index in [0.717, 1.165) is 25.5 Å². The summed E-state index contributed by atoms with van der Waals surface area (Å²) < 4.78 is 94.0. The number of nitrogen functional groups attached to an aromatic ring is 1. The highest BCUT2D eigenvalue weighted by molar-refractivity contribution is 5.85. The number of rotatable bonds is 1. The minimum atomic E-state index is -4.74. The normalized spacial score (nSPS) is 13.6. The Labute approximate surface area is 226 Å². The Bertz CT molecular complexity index is 1580. The summed E-state index contributed by atoms with van der Waals surface area (Å²) in [5.41, 5.74) is 0.0331. The average molecular weight is 588 g/mol. The van der Waals surface area contributed by atoms with E-state index in [2.05, 4.69) is 15.1 Å². The van der Waals surface area contributed by atoms with Crippen molar-refractivity contribution < 1.29 is 35.5 Å². The molecule has 0 radical (unpaired) electrons. The van der Waals surface area contributed by atoms with Crippen molar-refractivity contribution in [2.24, 2.45) is 7.05 Å². The summed E-state index contributed by atoms with van der Waals surface area (Å²) in [6, 6.07) is 3.98. The van der Waals surface area contributed by atoms with Crippen LogP contribution >= 0.6 is 0 Å². The zero-order chi connectivity index (χ0) is 30.4. The van der Waals surface area contributed by atoms with E-state index in [-0.39, 0.29) is 22.3 Å². The molecule has 16 heteroatoms. The van der Waals surface area contributed by atoms with Crippen LogP contribution in [0, 0.1) is 5.82 Å². The molecular formula is C25H23F7N6O3. The quantitative estimate of drug-likeness (QED) is 0.308. The molecule has 1 aromatic carbocycles. The van der Waals surface area contributed by atoms with Crippen LogP contribution in [0.15, 0.2) is 52.6 Å². The highest BCUT2D eigenvalue weighted by Crippen LogP contribution is 2.30. The maximum atomic E-state index is 14.2. The fourth-order valence-corrected chi connectivity index (χ4v) is 3.54. The molecule has 0 atom stereocenters. The Morgan fingerprint density at radius 2 is 1.59 bits per heavy atom. The Hall–Kier alpha value is -4.34. The summed E-state index contributed by atoms with van der Waals surface area (Å²) >= 11 is 0. The molecule has 3 aromatic heterocycles. The van der Waals surface area contributed by atoms with E-state index in [1.165, 1.54) is 43.1 Å². The fourth-order valence-electron chi connectivity index (χ4n) is 3.54. The Morgan fingerprint density at radius 1 is 0.951 bits per heavy atom. The topological polar surface area (TPSA) is 129 Å². The van der Waals surface area contributed by atoms with Gasteiger partial charge in [-0.2, -0.15) is 31.4 Å². The van der Waals surface area contributed by atoms with E-state index in [9.17, 15) is 40.3 Å². The summed E-state index contributed by atoms with van der Waals surface area (Å²) in [5, 5.41) is 5.36. The molecule has 0 amide bonds. The van der Waals surface area contributed by atoms with Gasteiger partial charge < -0.3 is 15.0 Å². The number of ether oxygens (including phenoxy) is 1. The number of nitrogens with two attached hydrogens (primary N) is 1. The number of aromatic amines is 1. The first-order valence-electron chi connectivity index (χ1n) is 11.9. The maximum absolute atomic E-state index is 14.2. The molecule has 1 saturated heterocycles. The minimum absolute atomic E-state index is 0.0699. The number of aromatic nitrogens is 5. The van der Waals surface area contributed by atoms with Crippen molar-refractivity contribution in [2.75, 3.05) is 18.9 Å². The number of halogens is 7. The van der Waals surface area contributed by atoms with Crippen molar-refractivity contribution in [3.05, 3.63) is 80.6 Å². The maximum Gasteiger partial charge on any atom is 0.423 e. The van der Waals surface area contributed by atoms with Crippen LogP contribution in [0.2, 0.25) is 0 Å². The molecule has 1 aliphatic rings. The van der Waals surface area contributed by atoms with Gasteiger partial charge in [-0.1, -0.05) is 0 Å². The summed E-state index contributed by atoms with van der Waals surface area (Å²) in [6.45, 7) is 2.00. The zero-order valence-corrected chi connectivity index (χ0v) is 21.3. The number of nitrogens with zero attached hydrogens (tertiary/aromatic N) is 4. The van der Waals surface area contributed by atoms with Gasteiger partial charge in [-0.25, -0.2) is 19.5 Å². The molecule has 0 spiro atoms. The molecule has 4 aromatic rings. The largest absolute Gasteiger partial charge is 0.423 e. The molecule has 0 saturated carbocycles. The highest BCUT2D eigenvalue weighted by atomic mass is 19.4. The van der Waals surface area contributed by atoms with Gasteiger partial charge in [0.2, 0.25) is 0 Å². The number of anilines is 1. The first kappa shape index (κ1) is 31.2. The first-order valence-corrected chi connectivity index (χ1v) is 11.9. The number of pyridine rings is 1. The number of hydrogen-bond donors (Lipinski definition) is 2. The van der Waals surface area contributed by atoms with Crippen LogP contribution in [-0.4, -0.2) is 37.9 Å². The molecule has 9 nitrogen and oxygen atoms in total. The molecule has 1 fully saturated rings. The van der Waals surface area contributed by atoms with Crippen LogP contribution in [0.4, 0.5) is 36.4 Å². The van der Waals surface area contributed by atoms with Gasteiger partial charge in [0.1, 0.15) is 11.4 Å². The fraction of sp³-hybridized carbons (Fsp3) is 0.320. The lowest BCUT2D eigenvalue weighted by molar-refractivity contribution is -0.138. The second-order valence-electron chi connectivity index (χ2n) is 8.64. The lowest BCUT2D eigenvalue weighted by atomic mass is 10.1. The van der Waals surface area contributed by atoms with Crippen molar-refractivity contribution in [3.63, 3.8) is 0 Å². The molecule has 41 heavy (non-hydrogen) atoms. The number of H-pyrrole nitrogens is 1. The van der Waals surface area contributed by atoms with Crippen LogP contribution in [0.25, 0.3) is 22.2 Å². The Kier molecular flexibility index (Phi) is 9.80. The summed E-state index contributed by atoms with van der Waals surface area (Å²) in [5.74, 6) is -0.960. The molecule has 4 heterocycles. The van der Waals surface area contributed by atoms with Crippen LogP contribution in [-0.2, 0) is 24.1 Å². The van der Waals surface area contributed by atoms with Crippen LogP contribution in [0.3, 0.4) is 0 Å². The van der Waals surface area contributed by atoms with Crippen LogP contribution in [0.5, 0.6) is 0 Å². The van der Waals surface area contributed by atoms with Gasteiger partial charge in [-0.05, 0) is 42.8 Å². The van der Waals surface area contributed by atoms with Gasteiger partial charge in [0.05, 0.1) is 28.4 Å². The van der Waals surface area contributed by atoms with Crippen molar-refractivity contribution in [2.45, 2.75) is 31.6 Å². The molecule has 3 N–H and O–H groups in total. The number of alkyl halides is 6. The van der Waals surface area contributed by atoms with E-state index in [1.807, 2.05) is 0 Å². The van der Waals surface area contributed by atoms with Gasteiger partial charge in [-0.3, -0.25) is 9.59 Å². The van der Waals surface area contributed by atoms with Gasteiger partial charge in [0.25, 0.3) is 11.1 Å². The summed E-state index contributed by atoms with van der Waals surface area (Å²) in [4.78, 5) is 29.6. The Balaban J connectivity index is 0.000000212. The van der Waals surface area contributed by atoms with Gasteiger partial charge in [0, 0.05) is 38.9 Å². The second kappa shape index (κ2) is 12.9. The monoisotopic (exact) mass is 588 g/mol. The van der Waals surface area contributed by atoms with E-state index in [1.54, 1.807) is 11.2 Å². The molecular weight excluding hydrogens is 565 g/mol. The predicted octanol–water partition coefficient (Wildman–Crippen LogP) is 4.71. The third kappa shape index (κ3) is 8.09. The van der Waals surface area contributed by atoms with Crippen LogP contribution in [0.1, 0.15) is 30.4 Å². The number of aryl methyl sites for hydroxylation is 1. The molecule has 0 bridgehead atoms. The predicted molar refractivity (Wildman–Crippen MR) is 134 cm³/mol. The lowest BCUT2D eigenvalue weighted by Crippen LogP contribution is -2.24. The summed E-state index contributed by atoms with van der Waals surface area (Å²) in [7, 11) is 1.53. The molecule has 0 aliphatic carbocycles. The number of hydrogen-bond acceptors (Lipinski definition) is 7. The third-order valence-electron chi connectivity index (χ3n) is 5.63. The van der Waals surface area contributed by atoms with E-state index in [4.69, 9.17) is 10.5 Å². The summed E-state index contributed by atoms with van der Waals surface area (Å²) in [6.07, 6.45) is -1.93. The standard InChI is InChI=1S/C15H9F4N3O.C5H4F3N3O.C5H10O/c1-22-3-2-8-4-11(12(16)5-10(8)14(22)23)13-20-6-9(7-21-13)15(17,18)19;6-5(7,8)3-2(9)1-10-11-4(3)12;1-2-4-6-5-3-1/h2-7H,1H3;1H,(H3,9,11,12);1-5H2. The van der Waals surface area contributed by atoms with E-state index >= 15 is 0 Å². The van der Waals surface area contributed by atoms with Crippen molar-refractivity contribution in [1.82, 2.24) is 24.7 Å². The first-order chi connectivity index (χ1) is 19.2. The SMILES string of the molecule is C1CCOCC1.Cn1ccc2cc(-c3ncc(C(F)(F)F)cn3)c(F)cc2c1=O.Nc1cn[nH]c(=O)c1C(F)(F)F. The molecule has 220 valence electrons. The molecule has 1 aliphatic heterocycles. The second-order valence-corrected chi connectivity index (χ2v) is 8.64. The van der Waals surface area contributed by atoms with Crippen molar-refractivity contribution in [1.29, 1.82) is 0 Å². The Morgan fingerprint density at radius 3 is 2.05 bits per heavy atom. The lowest BCUT2D eigenvalue weighted by Gasteiger charge is -2.08. The van der Waals surface area contributed by atoms with Crippen molar-refractivity contribution >= 4 is 16.5 Å². The number of benzene rings is 1. The van der Waals surface area contributed by atoms with Gasteiger partial charge >= 0.3 is 12.4 Å². The van der Waals surface area contributed by atoms with Gasteiger partial charge in [0.15, 0.2) is 5.82 Å². The minimum Gasteiger partial charge on any atom is -0.397 e. The van der Waals surface area contributed by atoms with Gasteiger partial charge in [-0.15, -0.1) is 0 Å². The third-order valence-corrected chi connectivity index (χ3v) is 5.63. The smallest absolute Gasteiger partial charge is 0.397 e. The highest BCUT2D eigenvalue weighted by Gasteiger charge is 2.36. The van der Waals surface area contributed by atoms with Crippen LogP contribution < -0.4 is 16.9 Å². The zero-order valence-electron chi connectivity index (χ0n) is 21.3. The average Bonchev–Trinajstić information content (AvgIpc) is 2.91. The number of fused-ring (bicyclic) bond motifs is 1. The molecule has 0 unspecified atom stereocenters. The molecule has 5 rings (SSSR count). The number of nitrogens with one attached hydrogen (secondary N) is 1.